The molecule has 1 N–H and O–H groups in total. The number of fused-ring (bicyclic) bond motifs is 2. The molecule has 3 heterocycles. The smallest absolute Gasteiger partial charge is 0.313 e. The van der Waals surface area contributed by atoms with Crippen molar-refractivity contribution in [2.75, 3.05) is 39.3 Å². The number of carbonyl (C=O) groups excluding carboxylic acids is 2. The fraction of sp³-hybridized carbons (Fsp3) is 0.524. The number of nitrogens with zero attached hydrogens (tertiary/aromatic N) is 2. The van der Waals surface area contributed by atoms with Crippen LogP contribution in [-0.2, 0) is 25.7 Å². The molecule has 0 spiro atoms. The van der Waals surface area contributed by atoms with Crippen LogP contribution in [0.2, 0.25) is 0 Å². The number of hydrogen-bond acceptors (Lipinski definition) is 6. The number of hydrogen-bond donors (Lipinski definition) is 1. The number of ether oxygens (including phenoxy) is 2. The Labute approximate surface area is 164 Å². The van der Waals surface area contributed by atoms with Gasteiger partial charge in [0.1, 0.15) is 12.5 Å². The molecule has 2 saturated heterocycles. The largest absolute Gasteiger partial charge is 0.460 e. The molecule has 1 amide bonds. The van der Waals surface area contributed by atoms with Gasteiger partial charge in [-0.25, -0.2) is 0 Å². The highest BCUT2D eigenvalue weighted by Gasteiger charge is 2.54. The van der Waals surface area contributed by atoms with Crippen LogP contribution in [0.25, 0.3) is 0 Å². The normalized spacial score (nSPS) is 29.2. The van der Waals surface area contributed by atoms with Crippen LogP contribution in [0.5, 0.6) is 0 Å². The van der Waals surface area contributed by atoms with E-state index in [2.05, 4.69) is 4.90 Å². The SMILES string of the molecule is O=C(OCc1ccccc1)C1C2C=CC(O2)C1C(=O)N1CCN(CCO)CC1. The summed E-state index contributed by atoms with van der Waals surface area (Å²) in [6.07, 6.45) is 3.00. The first-order valence-electron chi connectivity index (χ1n) is 9.84. The van der Waals surface area contributed by atoms with Crippen molar-refractivity contribution < 1.29 is 24.2 Å². The molecular weight excluding hydrogens is 360 g/mol. The van der Waals surface area contributed by atoms with E-state index in [0.29, 0.717) is 19.6 Å². The number of β-amino-alcohol motifs (C(OH)–C–C–N with tert-alkyl or cyclic N) is 1. The van der Waals surface area contributed by atoms with E-state index in [1.165, 1.54) is 0 Å². The molecular formula is C21H26N2O5. The summed E-state index contributed by atoms with van der Waals surface area (Å²) in [6, 6.07) is 9.51. The Morgan fingerprint density at radius 3 is 2.39 bits per heavy atom. The van der Waals surface area contributed by atoms with Gasteiger partial charge in [-0.15, -0.1) is 0 Å². The van der Waals surface area contributed by atoms with Crippen molar-refractivity contribution in [3.8, 4) is 0 Å². The molecule has 4 unspecified atom stereocenters. The van der Waals surface area contributed by atoms with E-state index in [-0.39, 0.29) is 31.2 Å². The van der Waals surface area contributed by atoms with Gasteiger partial charge in [0.05, 0.1) is 24.7 Å². The number of benzene rings is 1. The number of rotatable bonds is 6. The van der Waals surface area contributed by atoms with E-state index in [1.54, 1.807) is 0 Å². The van der Waals surface area contributed by atoms with Gasteiger partial charge in [-0.1, -0.05) is 42.5 Å². The zero-order chi connectivity index (χ0) is 19.5. The summed E-state index contributed by atoms with van der Waals surface area (Å²) in [5, 5.41) is 9.07. The van der Waals surface area contributed by atoms with Gasteiger partial charge < -0.3 is 19.5 Å². The summed E-state index contributed by atoms with van der Waals surface area (Å²) in [7, 11) is 0. The van der Waals surface area contributed by atoms with Gasteiger partial charge in [0.15, 0.2) is 0 Å². The minimum absolute atomic E-state index is 0.0397. The third kappa shape index (κ3) is 3.83. The van der Waals surface area contributed by atoms with E-state index < -0.39 is 17.9 Å². The zero-order valence-electron chi connectivity index (χ0n) is 15.8. The maximum Gasteiger partial charge on any atom is 0.313 e. The van der Waals surface area contributed by atoms with Gasteiger partial charge in [0.2, 0.25) is 5.91 Å². The van der Waals surface area contributed by atoms with Crippen molar-refractivity contribution in [1.29, 1.82) is 0 Å². The van der Waals surface area contributed by atoms with Crippen LogP contribution in [0.3, 0.4) is 0 Å². The number of aliphatic hydroxyl groups excluding tert-OH is 1. The lowest BCUT2D eigenvalue weighted by Crippen LogP contribution is -2.53. The number of aliphatic hydroxyl groups is 1. The monoisotopic (exact) mass is 386 g/mol. The van der Waals surface area contributed by atoms with E-state index >= 15 is 0 Å². The molecule has 7 nitrogen and oxygen atoms in total. The Morgan fingerprint density at radius 2 is 1.71 bits per heavy atom. The Kier molecular flexibility index (Phi) is 5.75. The zero-order valence-corrected chi connectivity index (χ0v) is 15.8. The predicted octanol–water partition coefficient (Wildman–Crippen LogP) is 0.436. The fourth-order valence-corrected chi connectivity index (χ4v) is 4.25. The summed E-state index contributed by atoms with van der Waals surface area (Å²) in [5.74, 6) is -1.54. The Morgan fingerprint density at radius 1 is 1.04 bits per heavy atom. The highest BCUT2D eigenvalue weighted by molar-refractivity contribution is 5.88. The van der Waals surface area contributed by atoms with Crippen LogP contribution in [0.1, 0.15) is 5.56 Å². The molecule has 1 aromatic carbocycles. The van der Waals surface area contributed by atoms with E-state index in [4.69, 9.17) is 14.6 Å². The Bertz CT molecular complexity index is 730. The van der Waals surface area contributed by atoms with E-state index in [1.807, 2.05) is 47.4 Å². The van der Waals surface area contributed by atoms with Crippen molar-refractivity contribution in [3.05, 3.63) is 48.0 Å². The van der Waals surface area contributed by atoms with Gasteiger partial charge >= 0.3 is 5.97 Å². The Hall–Kier alpha value is -2.22. The van der Waals surface area contributed by atoms with Crippen molar-refractivity contribution in [1.82, 2.24) is 9.80 Å². The van der Waals surface area contributed by atoms with Crippen molar-refractivity contribution in [2.24, 2.45) is 11.8 Å². The third-order valence-electron chi connectivity index (χ3n) is 5.78. The van der Waals surface area contributed by atoms with Crippen LogP contribution < -0.4 is 0 Å². The second kappa shape index (κ2) is 8.43. The van der Waals surface area contributed by atoms with Crippen molar-refractivity contribution in [2.45, 2.75) is 18.8 Å². The van der Waals surface area contributed by atoms with Crippen LogP contribution in [0.15, 0.2) is 42.5 Å². The molecule has 0 aliphatic carbocycles. The average Bonchev–Trinajstić information content (AvgIpc) is 3.35. The summed E-state index contributed by atoms with van der Waals surface area (Å²) in [4.78, 5) is 29.9. The summed E-state index contributed by atoms with van der Waals surface area (Å²) >= 11 is 0. The Balaban J connectivity index is 1.40. The number of carbonyl (C=O) groups is 2. The van der Waals surface area contributed by atoms with Crippen LogP contribution in [0, 0.1) is 11.8 Å². The van der Waals surface area contributed by atoms with Gasteiger partial charge in [-0.3, -0.25) is 14.5 Å². The van der Waals surface area contributed by atoms with Gasteiger partial charge in [0.25, 0.3) is 0 Å². The number of piperazine rings is 1. The quantitative estimate of drug-likeness (QED) is 0.565. The van der Waals surface area contributed by atoms with Crippen molar-refractivity contribution in [3.63, 3.8) is 0 Å². The molecule has 1 aromatic rings. The summed E-state index contributed by atoms with van der Waals surface area (Å²) in [6.45, 7) is 3.59. The van der Waals surface area contributed by atoms with Crippen LogP contribution >= 0.6 is 0 Å². The topological polar surface area (TPSA) is 79.3 Å². The highest BCUT2D eigenvalue weighted by Crippen LogP contribution is 2.41. The molecule has 28 heavy (non-hydrogen) atoms. The second-order valence-electron chi connectivity index (χ2n) is 7.49. The maximum absolute atomic E-state index is 13.2. The molecule has 3 aliphatic heterocycles. The number of esters is 1. The maximum atomic E-state index is 13.2. The predicted molar refractivity (Wildman–Crippen MR) is 101 cm³/mol. The highest BCUT2D eigenvalue weighted by atomic mass is 16.5. The summed E-state index contributed by atoms with van der Waals surface area (Å²) in [5.41, 5.74) is 0.915. The lowest BCUT2D eigenvalue weighted by Gasteiger charge is -2.37. The summed E-state index contributed by atoms with van der Waals surface area (Å²) < 4.78 is 11.4. The first-order valence-corrected chi connectivity index (χ1v) is 9.84. The minimum atomic E-state index is -0.596. The van der Waals surface area contributed by atoms with E-state index in [9.17, 15) is 9.59 Å². The average molecular weight is 386 g/mol. The van der Waals surface area contributed by atoms with Crippen LogP contribution in [-0.4, -0.2) is 78.3 Å². The molecule has 4 atom stereocenters. The third-order valence-corrected chi connectivity index (χ3v) is 5.78. The molecule has 0 aromatic heterocycles. The standard InChI is InChI=1S/C21H26N2O5/c24-13-12-22-8-10-23(11-9-22)20(25)18-16-6-7-17(28-16)19(18)21(26)27-14-15-4-2-1-3-5-15/h1-7,16-19,24H,8-14H2. The lowest BCUT2D eigenvalue weighted by atomic mass is 9.82. The molecule has 2 fully saturated rings. The fourth-order valence-electron chi connectivity index (χ4n) is 4.25. The van der Waals surface area contributed by atoms with Crippen LogP contribution in [0.4, 0.5) is 0 Å². The number of amides is 1. The van der Waals surface area contributed by atoms with E-state index in [0.717, 1.165) is 18.7 Å². The van der Waals surface area contributed by atoms with Gasteiger partial charge in [-0.2, -0.15) is 0 Å². The van der Waals surface area contributed by atoms with Crippen molar-refractivity contribution >= 4 is 11.9 Å². The first kappa shape index (κ1) is 19.1. The lowest BCUT2D eigenvalue weighted by molar-refractivity contribution is -0.156. The van der Waals surface area contributed by atoms with Gasteiger partial charge in [0, 0.05) is 32.7 Å². The molecule has 150 valence electrons. The molecule has 2 bridgehead atoms. The second-order valence-corrected chi connectivity index (χ2v) is 7.49. The van der Waals surface area contributed by atoms with Gasteiger partial charge in [-0.05, 0) is 5.56 Å². The molecule has 0 radical (unpaired) electrons. The molecule has 7 heteroatoms. The molecule has 4 rings (SSSR count). The molecule has 0 saturated carbocycles. The minimum Gasteiger partial charge on any atom is -0.460 e. The molecule has 3 aliphatic rings. The first-order chi connectivity index (χ1) is 13.7.